The molecule has 0 radical (unpaired) electrons. The highest BCUT2D eigenvalue weighted by molar-refractivity contribution is 7.80. The lowest BCUT2D eigenvalue weighted by Gasteiger charge is -2.29. The van der Waals surface area contributed by atoms with Crippen molar-refractivity contribution in [1.82, 2.24) is 0 Å². The van der Waals surface area contributed by atoms with Gasteiger partial charge in [-0.1, -0.05) is 18.3 Å². The second-order valence-corrected chi connectivity index (χ2v) is 5.18. The fraction of sp³-hybridized carbons (Fsp3) is 0.500. The summed E-state index contributed by atoms with van der Waals surface area (Å²) in [6.07, 6.45) is 4.06. The first-order valence-electron chi connectivity index (χ1n) is 6.39. The summed E-state index contributed by atoms with van der Waals surface area (Å²) in [5.41, 5.74) is 5.75. The molecule has 2 unspecified atom stereocenters. The van der Waals surface area contributed by atoms with Gasteiger partial charge in [0.1, 0.15) is 22.7 Å². The quantitative estimate of drug-likeness (QED) is 0.863. The van der Waals surface area contributed by atoms with Crippen LogP contribution in [0, 0.1) is 5.82 Å². The van der Waals surface area contributed by atoms with Crippen LogP contribution in [0.25, 0.3) is 0 Å². The number of thiocarbonyl (C=S) groups is 1. The zero-order chi connectivity index (χ0) is 13.8. The van der Waals surface area contributed by atoms with Gasteiger partial charge in [0.2, 0.25) is 0 Å². The van der Waals surface area contributed by atoms with E-state index in [0.29, 0.717) is 5.75 Å². The summed E-state index contributed by atoms with van der Waals surface area (Å²) in [5, 5.41) is 0. The fourth-order valence-electron chi connectivity index (χ4n) is 2.44. The number of benzene rings is 1. The minimum absolute atomic E-state index is 0.0206. The molecule has 1 aliphatic rings. The van der Waals surface area contributed by atoms with Crippen LogP contribution in [0.5, 0.6) is 5.75 Å². The second-order valence-electron chi connectivity index (χ2n) is 4.74. The first-order valence-corrected chi connectivity index (χ1v) is 6.80. The average Bonchev–Trinajstić information content (AvgIpc) is 2.38. The molecule has 19 heavy (non-hydrogen) atoms. The molecule has 3 nitrogen and oxygen atoms in total. The molecule has 0 saturated heterocycles. The zero-order valence-electron chi connectivity index (χ0n) is 10.9. The van der Waals surface area contributed by atoms with Gasteiger partial charge in [0, 0.05) is 13.5 Å². The lowest BCUT2D eigenvalue weighted by atomic mass is 9.95. The van der Waals surface area contributed by atoms with Crippen LogP contribution in [0.3, 0.4) is 0 Å². The number of ether oxygens (including phenoxy) is 2. The Kier molecular flexibility index (Phi) is 4.71. The lowest BCUT2D eigenvalue weighted by Crippen LogP contribution is -2.30. The number of halogens is 1. The Hall–Kier alpha value is -1.20. The van der Waals surface area contributed by atoms with Crippen molar-refractivity contribution in [3.63, 3.8) is 0 Å². The smallest absolute Gasteiger partial charge is 0.137 e. The summed E-state index contributed by atoms with van der Waals surface area (Å²) in [6.45, 7) is 0. The highest BCUT2D eigenvalue weighted by Gasteiger charge is 2.24. The van der Waals surface area contributed by atoms with E-state index in [-0.39, 0.29) is 22.8 Å². The molecule has 0 spiro atoms. The van der Waals surface area contributed by atoms with Crippen LogP contribution in [-0.4, -0.2) is 24.3 Å². The van der Waals surface area contributed by atoms with Crippen molar-refractivity contribution in [2.45, 2.75) is 37.9 Å². The fourth-order valence-corrected chi connectivity index (χ4v) is 2.64. The standard InChI is InChI=1S/C14H18FNO2S/c1-17-9-4-2-5-10(8-9)18-12-7-3-6-11(15)13(12)14(16)19/h3,6-7,9-10H,2,4-5,8H2,1H3,(H2,16,19). The van der Waals surface area contributed by atoms with E-state index < -0.39 is 5.82 Å². The number of hydrogen-bond donors (Lipinski definition) is 1. The van der Waals surface area contributed by atoms with Gasteiger partial charge in [0.15, 0.2) is 0 Å². The topological polar surface area (TPSA) is 44.5 Å². The molecule has 1 aromatic rings. The van der Waals surface area contributed by atoms with Crippen molar-refractivity contribution in [1.29, 1.82) is 0 Å². The Labute approximate surface area is 117 Å². The van der Waals surface area contributed by atoms with E-state index in [1.165, 1.54) is 6.07 Å². The number of hydrogen-bond acceptors (Lipinski definition) is 3. The molecular weight excluding hydrogens is 265 g/mol. The first kappa shape index (κ1) is 14.2. The van der Waals surface area contributed by atoms with E-state index in [4.69, 9.17) is 27.4 Å². The van der Waals surface area contributed by atoms with Crippen molar-refractivity contribution >= 4 is 17.2 Å². The molecule has 2 rings (SSSR count). The maximum absolute atomic E-state index is 13.7. The van der Waals surface area contributed by atoms with Crippen LogP contribution in [0.1, 0.15) is 31.2 Å². The van der Waals surface area contributed by atoms with Gasteiger partial charge >= 0.3 is 0 Å². The summed E-state index contributed by atoms with van der Waals surface area (Å²) < 4.78 is 25.0. The SMILES string of the molecule is COC1CCCC(Oc2cccc(F)c2C(N)=S)C1. The predicted octanol–water partition coefficient (Wildman–Crippen LogP) is 2.80. The number of rotatable bonds is 4. The second kappa shape index (κ2) is 6.30. The van der Waals surface area contributed by atoms with E-state index in [1.54, 1.807) is 19.2 Å². The summed E-state index contributed by atoms with van der Waals surface area (Å²) in [4.78, 5) is 0.0206. The van der Waals surface area contributed by atoms with Gasteiger partial charge in [0.05, 0.1) is 11.7 Å². The molecule has 0 amide bonds. The summed E-state index contributed by atoms with van der Waals surface area (Å²) in [6, 6.07) is 4.64. The van der Waals surface area contributed by atoms with Gasteiger partial charge < -0.3 is 15.2 Å². The Bertz CT molecular complexity index is 467. The van der Waals surface area contributed by atoms with E-state index in [0.717, 1.165) is 25.7 Å². The van der Waals surface area contributed by atoms with Gasteiger partial charge in [-0.05, 0) is 31.4 Å². The van der Waals surface area contributed by atoms with Gasteiger partial charge in [-0.25, -0.2) is 4.39 Å². The Morgan fingerprint density at radius 1 is 1.37 bits per heavy atom. The monoisotopic (exact) mass is 283 g/mol. The lowest BCUT2D eigenvalue weighted by molar-refractivity contribution is 0.0208. The van der Waals surface area contributed by atoms with Crippen molar-refractivity contribution in [3.8, 4) is 5.75 Å². The van der Waals surface area contributed by atoms with Gasteiger partial charge in [-0.2, -0.15) is 0 Å². The molecule has 104 valence electrons. The molecule has 5 heteroatoms. The minimum Gasteiger partial charge on any atom is -0.489 e. The van der Waals surface area contributed by atoms with Crippen LogP contribution < -0.4 is 10.5 Å². The molecule has 1 saturated carbocycles. The third-order valence-corrected chi connectivity index (χ3v) is 3.63. The molecule has 2 atom stereocenters. The van der Waals surface area contributed by atoms with Crippen LogP contribution in [-0.2, 0) is 4.74 Å². The van der Waals surface area contributed by atoms with Gasteiger partial charge in [0.25, 0.3) is 0 Å². The van der Waals surface area contributed by atoms with Gasteiger partial charge in [-0.3, -0.25) is 0 Å². The predicted molar refractivity (Wildman–Crippen MR) is 76.0 cm³/mol. The molecule has 0 aliphatic heterocycles. The average molecular weight is 283 g/mol. The zero-order valence-corrected chi connectivity index (χ0v) is 11.7. The molecule has 1 aliphatic carbocycles. The summed E-state index contributed by atoms with van der Waals surface area (Å²) >= 11 is 4.88. The molecular formula is C14H18FNO2S. The molecule has 0 bridgehead atoms. The van der Waals surface area contributed by atoms with Gasteiger partial charge in [-0.15, -0.1) is 0 Å². The van der Waals surface area contributed by atoms with Crippen molar-refractivity contribution in [2.75, 3.05) is 7.11 Å². The van der Waals surface area contributed by atoms with E-state index in [9.17, 15) is 4.39 Å². The molecule has 1 aromatic carbocycles. The van der Waals surface area contributed by atoms with E-state index in [2.05, 4.69) is 0 Å². The molecule has 2 N–H and O–H groups in total. The largest absolute Gasteiger partial charge is 0.489 e. The van der Waals surface area contributed by atoms with Crippen molar-refractivity contribution in [2.24, 2.45) is 5.73 Å². The Morgan fingerprint density at radius 2 is 2.11 bits per heavy atom. The minimum atomic E-state index is -0.441. The first-order chi connectivity index (χ1) is 9.11. The van der Waals surface area contributed by atoms with Crippen LogP contribution in [0.15, 0.2) is 18.2 Å². The van der Waals surface area contributed by atoms with Crippen molar-refractivity contribution < 1.29 is 13.9 Å². The van der Waals surface area contributed by atoms with E-state index >= 15 is 0 Å². The Morgan fingerprint density at radius 3 is 2.79 bits per heavy atom. The van der Waals surface area contributed by atoms with E-state index in [1.807, 2.05) is 0 Å². The third kappa shape index (κ3) is 3.42. The highest BCUT2D eigenvalue weighted by Crippen LogP contribution is 2.28. The highest BCUT2D eigenvalue weighted by atomic mass is 32.1. The Balaban J connectivity index is 2.14. The number of nitrogens with two attached hydrogens (primary N) is 1. The number of methoxy groups -OCH3 is 1. The third-order valence-electron chi connectivity index (χ3n) is 3.43. The molecule has 1 fully saturated rings. The maximum Gasteiger partial charge on any atom is 0.137 e. The summed E-state index contributed by atoms with van der Waals surface area (Å²) in [5.74, 6) is -0.0154. The van der Waals surface area contributed by atoms with Crippen LogP contribution in [0.4, 0.5) is 4.39 Å². The normalized spacial score (nSPS) is 23.1. The molecule has 0 aromatic heterocycles. The van der Waals surface area contributed by atoms with Crippen molar-refractivity contribution in [3.05, 3.63) is 29.6 Å². The van der Waals surface area contributed by atoms with Crippen LogP contribution >= 0.6 is 12.2 Å². The summed E-state index contributed by atoms with van der Waals surface area (Å²) in [7, 11) is 1.70. The molecule has 0 heterocycles. The maximum atomic E-state index is 13.7. The van der Waals surface area contributed by atoms with Crippen LogP contribution in [0.2, 0.25) is 0 Å².